The molecule has 30 heavy (non-hydrogen) atoms. The van der Waals surface area contributed by atoms with Crippen LogP contribution < -0.4 is 5.32 Å². The molecule has 160 valence electrons. The molecule has 1 saturated heterocycles. The Morgan fingerprint density at radius 1 is 1.07 bits per heavy atom. The van der Waals surface area contributed by atoms with Crippen LogP contribution in [0.15, 0.2) is 53.4 Å². The van der Waals surface area contributed by atoms with Crippen molar-refractivity contribution < 1.29 is 13.2 Å². The number of hydrogen-bond acceptors (Lipinski definition) is 3. The van der Waals surface area contributed by atoms with Gasteiger partial charge in [0.1, 0.15) is 0 Å². The minimum absolute atomic E-state index is 0.0246. The van der Waals surface area contributed by atoms with Crippen LogP contribution in [0.2, 0.25) is 0 Å². The van der Waals surface area contributed by atoms with E-state index < -0.39 is 10.0 Å². The predicted molar refractivity (Wildman–Crippen MR) is 119 cm³/mol. The molecule has 0 spiro atoms. The average molecular weight is 427 g/mol. The third-order valence-corrected chi connectivity index (χ3v) is 8.27. The number of carbonyl (C=O) groups excluding carboxylic acids is 1. The average Bonchev–Trinajstić information content (AvgIpc) is 2.92. The standard InChI is InChI=1S/C24H30N2O3S/c1-17-8-10-18(11-9-17)22(27)25-19-6-5-7-21(12-19)30(28,29)26-16-24(4)14-20(26)13-23(2,3)15-24/h5-12,20H,13-16H2,1-4H3,(H,25,27)/t20-,24+/m1/s1. The molecule has 5 nitrogen and oxygen atoms in total. The van der Waals surface area contributed by atoms with Crippen molar-refractivity contribution in [2.75, 3.05) is 11.9 Å². The van der Waals surface area contributed by atoms with Crippen molar-refractivity contribution >= 4 is 21.6 Å². The molecule has 1 N–H and O–H groups in total. The van der Waals surface area contributed by atoms with E-state index in [0.29, 0.717) is 17.8 Å². The molecular weight excluding hydrogens is 396 g/mol. The second-order valence-electron chi connectivity index (χ2n) is 10.1. The first kappa shape index (κ1) is 21.1. The van der Waals surface area contributed by atoms with E-state index >= 15 is 0 Å². The van der Waals surface area contributed by atoms with Gasteiger partial charge in [-0.05, 0) is 67.3 Å². The van der Waals surface area contributed by atoms with E-state index in [1.165, 1.54) is 0 Å². The van der Waals surface area contributed by atoms with Crippen molar-refractivity contribution in [3.63, 3.8) is 0 Å². The maximum absolute atomic E-state index is 13.5. The zero-order valence-corrected chi connectivity index (χ0v) is 18.9. The number of carbonyl (C=O) groups is 1. The fourth-order valence-electron chi connectivity index (χ4n) is 5.47. The van der Waals surface area contributed by atoms with Crippen molar-refractivity contribution in [3.8, 4) is 0 Å². The number of amides is 1. The van der Waals surface area contributed by atoms with Crippen LogP contribution in [0.1, 0.15) is 56.0 Å². The van der Waals surface area contributed by atoms with Crippen LogP contribution in [0.3, 0.4) is 0 Å². The largest absolute Gasteiger partial charge is 0.322 e. The number of benzene rings is 2. The van der Waals surface area contributed by atoms with E-state index in [2.05, 4.69) is 26.1 Å². The van der Waals surface area contributed by atoms with Crippen molar-refractivity contribution in [2.45, 2.75) is 57.9 Å². The molecule has 2 aromatic rings. The Bertz CT molecular complexity index is 1080. The molecule has 6 heteroatoms. The highest BCUT2D eigenvalue weighted by molar-refractivity contribution is 7.89. The van der Waals surface area contributed by atoms with E-state index in [4.69, 9.17) is 0 Å². The molecule has 1 amide bonds. The van der Waals surface area contributed by atoms with Crippen molar-refractivity contribution in [1.82, 2.24) is 4.31 Å². The number of nitrogens with zero attached hydrogens (tertiary/aromatic N) is 1. The van der Waals surface area contributed by atoms with Gasteiger partial charge in [0, 0.05) is 23.8 Å². The number of fused-ring (bicyclic) bond motifs is 2. The second-order valence-corrected chi connectivity index (χ2v) is 12.0. The van der Waals surface area contributed by atoms with Crippen molar-refractivity contribution in [1.29, 1.82) is 0 Å². The molecule has 2 fully saturated rings. The number of rotatable bonds is 4. The van der Waals surface area contributed by atoms with Crippen LogP contribution in [0.4, 0.5) is 5.69 Å². The molecule has 1 aliphatic carbocycles. The van der Waals surface area contributed by atoms with Gasteiger partial charge in [-0.1, -0.05) is 44.5 Å². The van der Waals surface area contributed by atoms with Crippen LogP contribution in [0.5, 0.6) is 0 Å². The summed E-state index contributed by atoms with van der Waals surface area (Å²) in [6.07, 6.45) is 2.83. The summed E-state index contributed by atoms with van der Waals surface area (Å²) in [7, 11) is -3.63. The summed E-state index contributed by atoms with van der Waals surface area (Å²) in [5.74, 6) is -0.254. The Balaban J connectivity index is 1.57. The zero-order chi connectivity index (χ0) is 21.7. The van der Waals surface area contributed by atoms with Gasteiger partial charge in [0.2, 0.25) is 10.0 Å². The number of hydrogen-bond donors (Lipinski definition) is 1. The van der Waals surface area contributed by atoms with Crippen LogP contribution in [-0.2, 0) is 10.0 Å². The quantitative estimate of drug-likeness (QED) is 0.761. The van der Waals surface area contributed by atoms with E-state index in [-0.39, 0.29) is 27.7 Å². The first-order valence-corrected chi connectivity index (χ1v) is 11.9. The van der Waals surface area contributed by atoms with Crippen molar-refractivity contribution in [3.05, 3.63) is 59.7 Å². The summed E-state index contributed by atoms with van der Waals surface area (Å²) in [6, 6.07) is 13.9. The van der Waals surface area contributed by atoms with Gasteiger partial charge >= 0.3 is 0 Å². The fourth-order valence-corrected chi connectivity index (χ4v) is 7.29. The van der Waals surface area contributed by atoms with Gasteiger partial charge in [0.15, 0.2) is 0 Å². The third-order valence-electron chi connectivity index (χ3n) is 6.38. The predicted octanol–water partition coefficient (Wildman–Crippen LogP) is 4.84. The number of aryl methyl sites for hydroxylation is 1. The molecule has 2 atom stereocenters. The molecule has 1 saturated carbocycles. The molecule has 0 unspecified atom stereocenters. The maximum atomic E-state index is 13.5. The molecule has 2 aromatic carbocycles. The van der Waals surface area contributed by atoms with Gasteiger partial charge in [-0.2, -0.15) is 4.31 Å². The van der Waals surface area contributed by atoms with E-state index in [9.17, 15) is 13.2 Å². The minimum atomic E-state index is -3.63. The van der Waals surface area contributed by atoms with E-state index in [1.807, 2.05) is 19.1 Å². The fraction of sp³-hybridized carbons (Fsp3) is 0.458. The van der Waals surface area contributed by atoms with Gasteiger partial charge in [0.05, 0.1) is 4.90 Å². The molecule has 4 rings (SSSR count). The molecule has 0 aromatic heterocycles. The lowest BCUT2D eigenvalue weighted by Gasteiger charge is -2.39. The molecule has 0 radical (unpaired) electrons. The minimum Gasteiger partial charge on any atom is -0.322 e. The smallest absolute Gasteiger partial charge is 0.255 e. The highest BCUT2D eigenvalue weighted by atomic mass is 32.2. The monoisotopic (exact) mass is 426 g/mol. The number of anilines is 1. The highest BCUT2D eigenvalue weighted by Gasteiger charge is 2.53. The van der Waals surface area contributed by atoms with Crippen LogP contribution in [0.25, 0.3) is 0 Å². The Morgan fingerprint density at radius 3 is 2.47 bits per heavy atom. The number of sulfonamides is 1. The van der Waals surface area contributed by atoms with E-state index in [0.717, 1.165) is 24.8 Å². The number of nitrogens with one attached hydrogen (secondary N) is 1. The molecule has 2 aliphatic rings. The third kappa shape index (κ3) is 4.03. The van der Waals surface area contributed by atoms with Crippen molar-refractivity contribution in [2.24, 2.45) is 10.8 Å². The van der Waals surface area contributed by atoms with Crippen LogP contribution >= 0.6 is 0 Å². The Morgan fingerprint density at radius 2 is 1.77 bits per heavy atom. The summed E-state index contributed by atoms with van der Waals surface area (Å²) >= 11 is 0. The lowest BCUT2D eigenvalue weighted by molar-refractivity contribution is 0.102. The summed E-state index contributed by atoms with van der Waals surface area (Å²) in [5.41, 5.74) is 2.27. The summed E-state index contributed by atoms with van der Waals surface area (Å²) in [4.78, 5) is 12.8. The summed E-state index contributed by atoms with van der Waals surface area (Å²) in [6.45, 7) is 9.19. The summed E-state index contributed by atoms with van der Waals surface area (Å²) in [5, 5.41) is 2.83. The first-order valence-electron chi connectivity index (χ1n) is 10.5. The van der Waals surface area contributed by atoms with Gasteiger partial charge in [-0.25, -0.2) is 8.42 Å². The van der Waals surface area contributed by atoms with Gasteiger partial charge in [-0.15, -0.1) is 0 Å². The molecular formula is C24H30N2O3S. The normalized spacial score (nSPS) is 25.8. The topological polar surface area (TPSA) is 66.5 Å². The summed E-state index contributed by atoms with van der Waals surface area (Å²) < 4.78 is 28.7. The van der Waals surface area contributed by atoms with Gasteiger partial charge in [-0.3, -0.25) is 4.79 Å². The lowest BCUT2D eigenvalue weighted by Crippen LogP contribution is -2.37. The molecule has 1 heterocycles. The Labute approximate surface area is 179 Å². The lowest BCUT2D eigenvalue weighted by atomic mass is 9.65. The zero-order valence-electron chi connectivity index (χ0n) is 18.1. The highest BCUT2D eigenvalue weighted by Crippen LogP contribution is 2.53. The van der Waals surface area contributed by atoms with Crippen LogP contribution in [-0.4, -0.2) is 31.2 Å². The maximum Gasteiger partial charge on any atom is 0.255 e. The Hall–Kier alpha value is -2.18. The Kier molecular flexibility index (Phi) is 5.06. The SMILES string of the molecule is Cc1ccc(C(=O)Nc2cccc(S(=O)(=O)N3C[C@@]4(C)C[C@H]3CC(C)(C)C4)c2)cc1. The van der Waals surface area contributed by atoms with Gasteiger partial charge in [0.25, 0.3) is 5.91 Å². The van der Waals surface area contributed by atoms with Crippen LogP contribution in [0, 0.1) is 17.8 Å². The molecule has 1 aliphatic heterocycles. The van der Waals surface area contributed by atoms with Gasteiger partial charge < -0.3 is 5.32 Å². The first-order chi connectivity index (χ1) is 14.0. The molecule has 2 bridgehead atoms. The van der Waals surface area contributed by atoms with E-state index in [1.54, 1.807) is 40.7 Å². The second kappa shape index (κ2) is 7.20.